The number of nitrogens with zero attached hydrogens (tertiary/aromatic N) is 4. The maximum absolute atomic E-state index is 12.9. The van der Waals surface area contributed by atoms with Crippen LogP contribution >= 0.6 is 0 Å². The molecule has 0 bridgehead atoms. The molecule has 1 unspecified atom stereocenters. The van der Waals surface area contributed by atoms with Gasteiger partial charge in [0.2, 0.25) is 11.8 Å². The van der Waals surface area contributed by atoms with Crippen molar-refractivity contribution in [3.05, 3.63) is 66.4 Å². The van der Waals surface area contributed by atoms with Crippen molar-refractivity contribution in [2.24, 2.45) is 0 Å². The van der Waals surface area contributed by atoms with Crippen molar-refractivity contribution >= 4 is 28.4 Å². The van der Waals surface area contributed by atoms with E-state index < -0.39 is 0 Å². The fraction of sp³-hybridized carbons (Fsp3) is 0.227. The second-order valence-electron chi connectivity index (χ2n) is 7.01. The lowest BCUT2D eigenvalue weighted by atomic mass is 10.1. The van der Waals surface area contributed by atoms with Crippen LogP contribution in [-0.2, 0) is 16.1 Å². The van der Waals surface area contributed by atoms with Gasteiger partial charge in [-0.05, 0) is 36.6 Å². The highest BCUT2D eigenvalue weighted by Gasteiger charge is 2.34. The topological polar surface area (TPSA) is 69.3 Å². The lowest BCUT2D eigenvalue weighted by Gasteiger charge is -2.39. The van der Waals surface area contributed by atoms with Gasteiger partial charge in [0.15, 0.2) is 0 Å². The van der Waals surface area contributed by atoms with Gasteiger partial charge in [-0.3, -0.25) is 9.59 Å². The summed E-state index contributed by atoms with van der Waals surface area (Å²) in [7, 11) is 0. The molecule has 1 fully saturated rings. The zero-order chi connectivity index (χ0) is 19.7. The van der Waals surface area contributed by atoms with E-state index in [1.807, 2.05) is 54.1 Å². The van der Waals surface area contributed by atoms with Crippen LogP contribution < -0.4 is 4.90 Å². The number of carbonyl (C=O) groups is 2. The van der Waals surface area contributed by atoms with Gasteiger partial charge in [-0.1, -0.05) is 30.3 Å². The van der Waals surface area contributed by atoms with Crippen LogP contribution in [0.5, 0.6) is 0 Å². The normalized spacial score (nSPS) is 17.0. The minimum absolute atomic E-state index is 0.0129. The van der Waals surface area contributed by atoms with Gasteiger partial charge in [0.1, 0.15) is 19.2 Å². The van der Waals surface area contributed by atoms with E-state index in [0.717, 1.165) is 10.9 Å². The van der Waals surface area contributed by atoms with E-state index in [1.54, 1.807) is 28.0 Å². The summed E-state index contributed by atoms with van der Waals surface area (Å²) in [6, 6.07) is 18.9. The zero-order valence-electron chi connectivity index (χ0n) is 15.6. The number of nitriles is 1. The first-order valence-electron chi connectivity index (χ1n) is 9.21. The number of fused-ring (bicyclic) bond motifs is 1. The molecule has 2 heterocycles. The second-order valence-corrected chi connectivity index (χ2v) is 7.01. The summed E-state index contributed by atoms with van der Waals surface area (Å²) in [6.45, 7) is 2.51. The summed E-state index contributed by atoms with van der Waals surface area (Å²) in [5, 5.41) is 10.4. The van der Waals surface area contributed by atoms with Crippen LogP contribution in [0.25, 0.3) is 10.9 Å². The van der Waals surface area contributed by atoms with E-state index in [4.69, 9.17) is 0 Å². The summed E-state index contributed by atoms with van der Waals surface area (Å²) >= 11 is 0. The van der Waals surface area contributed by atoms with Gasteiger partial charge in [-0.2, -0.15) is 5.26 Å². The van der Waals surface area contributed by atoms with Crippen molar-refractivity contribution in [3.63, 3.8) is 0 Å². The van der Waals surface area contributed by atoms with Gasteiger partial charge in [0, 0.05) is 24.3 Å². The molecule has 0 radical (unpaired) electrons. The molecular weight excluding hydrogens is 352 g/mol. The number of hydrogen-bond donors (Lipinski definition) is 0. The highest BCUT2D eigenvalue weighted by atomic mass is 16.2. The average molecular weight is 372 g/mol. The zero-order valence-corrected chi connectivity index (χ0v) is 15.6. The highest BCUT2D eigenvalue weighted by Crippen LogP contribution is 2.24. The van der Waals surface area contributed by atoms with Crippen LogP contribution in [-0.4, -0.2) is 40.4 Å². The number of hydrogen-bond acceptors (Lipinski definition) is 3. The molecule has 6 nitrogen and oxygen atoms in total. The summed E-state index contributed by atoms with van der Waals surface area (Å²) in [5.74, 6) is -0.262. The van der Waals surface area contributed by atoms with Crippen LogP contribution in [0.2, 0.25) is 0 Å². The smallest absolute Gasteiger partial charge is 0.246 e. The summed E-state index contributed by atoms with van der Waals surface area (Å²) in [4.78, 5) is 28.9. The van der Waals surface area contributed by atoms with E-state index in [0.29, 0.717) is 17.8 Å². The molecule has 1 atom stereocenters. The van der Waals surface area contributed by atoms with Gasteiger partial charge < -0.3 is 14.4 Å². The minimum Gasteiger partial charge on any atom is -0.338 e. The van der Waals surface area contributed by atoms with E-state index in [9.17, 15) is 14.9 Å². The SMILES string of the molecule is CC1CN(c2ccccc2C#N)C(=O)CN1C(=O)Cn1ccc2ccccc21. The summed E-state index contributed by atoms with van der Waals surface area (Å²) < 4.78 is 1.91. The minimum atomic E-state index is -0.175. The van der Waals surface area contributed by atoms with Crippen LogP contribution in [0, 0.1) is 11.3 Å². The van der Waals surface area contributed by atoms with Gasteiger partial charge in [-0.15, -0.1) is 0 Å². The average Bonchev–Trinajstić information content (AvgIpc) is 3.12. The van der Waals surface area contributed by atoms with E-state index in [2.05, 4.69) is 6.07 Å². The summed E-state index contributed by atoms with van der Waals surface area (Å²) in [5.41, 5.74) is 2.06. The molecule has 1 aliphatic heterocycles. The predicted octanol–water partition coefficient (Wildman–Crippen LogP) is 2.78. The molecule has 0 aliphatic carbocycles. The van der Waals surface area contributed by atoms with Crippen molar-refractivity contribution in [2.45, 2.75) is 19.5 Å². The third kappa shape index (κ3) is 3.12. The number of aromatic nitrogens is 1. The Labute approximate surface area is 163 Å². The van der Waals surface area contributed by atoms with E-state index >= 15 is 0 Å². The molecule has 0 N–H and O–H groups in total. The molecule has 1 saturated heterocycles. The Balaban J connectivity index is 1.52. The number of piperazine rings is 1. The lowest BCUT2D eigenvalue weighted by molar-refractivity contribution is -0.139. The number of anilines is 1. The number of carbonyl (C=O) groups excluding carboxylic acids is 2. The third-order valence-electron chi connectivity index (χ3n) is 5.21. The van der Waals surface area contributed by atoms with Crippen LogP contribution in [0.15, 0.2) is 60.8 Å². The van der Waals surface area contributed by atoms with Crippen LogP contribution in [0.4, 0.5) is 5.69 Å². The molecule has 0 spiro atoms. The van der Waals surface area contributed by atoms with Gasteiger partial charge >= 0.3 is 0 Å². The fourth-order valence-corrected chi connectivity index (χ4v) is 3.74. The van der Waals surface area contributed by atoms with Crippen molar-refractivity contribution in [2.75, 3.05) is 18.0 Å². The maximum Gasteiger partial charge on any atom is 0.246 e. The molecule has 2 aromatic carbocycles. The molecule has 0 saturated carbocycles. The summed E-state index contributed by atoms with van der Waals surface area (Å²) in [6.07, 6.45) is 1.90. The van der Waals surface area contributed by atoms with Crippen LogP contribution in [0.1, 0.15) is 12.5 Å². The molecule has 1 aromatic heterocycles. The first-order valence-corrected chi connectivity index (χ1v) is 9.21. The Kier molecular flexibility index (Phi) is 4.58. The van der Waals surface area contributed by atoms with Crippen molar-refractivity contribution in [1.29, 1.82) is 5.26 Å². The van der Waals surface area contributed by atoms with Gasteiger partial charge in [-0.25, -0.2) is 0 Å². The monoisotopic (exact) mass is 372 g/mol. The molecule has 4 rings (SSSR count). The molecular formula is C22H20N4O2. The number of amides is 2. The standard InChI is InChI=1S/C22H20N4O2/c1-16-13-26(20-9-5-3-7-18(20)12-23)22(28)15-25(16)21(27)14-24-11-10-17-6-2-4-8-19(17)24/h2-11,16H,13-15H2,1H3. The Morgan fingerprint density at radius 1 is 1.14 bits per heavy atom. The largest absolute Gasteiger partial charge is 0.338 e. The number of rotatable bonds is 3. The highest BCUT2D eigenvalue weighted by molar-refractivity contribution is 5.99. The molecule has 3 aromatic rings. The Morgan fingerprint density at radius 3 is 2.71 bits per heavy atom. The van der Waals surface area contributed by atoms with E-state index in [-0.39, 0.29) is 30.9 Å². The van der Waals surface area contributed by atoms with Gasteiger partial charge in [0.05, 0.1) is 11.3 Å². The third-order valence-corrected chi connectivity index (χ3v) is 5.21. The lowest BCUT2D eigenvalue weighted by Crippen LogP contribution is -2.57. The van der Waals surface area contributed by atoms with Crippen LogP contribution in [0.3, 0.4) is 0 Å². The Morgan fingerprint density at radius 2 is 1.89 bits per heavy atom. The molecule has 1 aliphatic rings. The first-order chi connectivity index (χ1) is 13.6. The maximum atomic E-state index is 12.9. The predicted molar refractivity (Wildman–Crippen MR) is 107 cm³/mol. The first kappa shape index (κ1) is 17.8. The quantitative estimate of drug-likeness (QED) is 0.710. The molecule has 6 heteroatoms. The molecule has 28 heavy (non-hydrogen) atoms. The van der Waals surface area contributed by atoms with Gasteiger partial charge in [0.25, 0.3) is 0 Å². The fourth-order valence-electron chi connectivity index (χ4n) is 3.74. The van der Waals surface area contributed by atoms with Crippen molar-refractivity contribution < 1.29 is 9.59 Å². The van der Waals surface area contributed by atoms with Crippen molar-refractivity contribution in [1.82, 2.24) is 9.47 Å². The van der Waals surface area contributed by atoms with E-state index in [1.165, 1.54) is 0 Å². The molecule has 140 valence electrons. The van der Waals surface area contributed by atoms with Crippen molar-refractivity contribution in [3.8, 4) is 6.07 Å². The molecule has 2 amide bonds. The second kappa shape index (κ2) is 7.20. The number of para-hydroxylation sites is 2. The number of benzene rings is 2. The Hall–Kier alpha value is -3.59. The Bertz CT molecular complexity index is 1100.